The largest absolute Gasteiger partial charge is 0.329 e. The van der Waals surface area contributed by atoms with E-state index in [1.807, 2.05) is 17.9 Å². The van der Waals surface area contributed by atoms with E-state index in [1.54, 1.807) is 0 Å². The van der Waals surface area contributed by atoms with E-state index in [0.29, 0.717) is 18.6 Å². The first-order valence-electron chi connectivity index (χ1n) is 7.76. The van der Waals surface area contributed by atoms with E-state index in [9.17, 15) is 0 Å². The maximum absolute atomic E-state index is 6.11. The third kappa shape index (κ3) is 2.28. The highest BCUT2D eigenvalue weighted by Gasteiger charge is 2.37. The lowest BCUT2D eigenvalue weighted by Gasteiger charge is -2.32. The molecule has 0 radical (unpaired) electrons. The highest BCUT2D eigenvalue weighted by atomic mass is 15.3. The van der Waals surface area contributed by atoms with Crippen LogP contribution < -0.4 is 5.73 Å². The summed E-state index contributed by atoms with van der Waals surface area (Å²) >= 11 is 0. The first-order chi connectivity index (χ1) is 9.61. The highest BCUT2D eigenvalue weighted by Crippen LogP contribution is 2.32. The summed E-state index contributed by atoms with van der Waals surface area (Å²) < 4.78 is 1.95. The Morgan fingerprint density at radius 3 is 2.70 bits per heavy atom. The normalized spacial score (nSPS) is 29.6. The molecule has 112 valence electrons. The van der Waals surface area contributed by atoms with Crippen LogP contribution in [0.5, 0.6) is 0 Å². The summed E-state index contributed by atoms with van der Waals surface area (Å²) in [5.41, 5.74) is 8.65. The molecule has 0 aliphatic carbocycles. The summed E-state index contributed by atoms with van der Waals surface area (Å²) in [6.45, 7) is 5.11. The number of aryl methyl sites for hydroxylation is 1. The minimum absolute atomic E-state index is 0.316. The predicted molar refractivity (Wildman–Crippen MR) is 80.5 cm³/mol. The molecule has 1 aromatic heterocycles. The van der Waals surface area contributed by atoms with Gasteiger partial charge in [-0.25, -0.2) is 0 Å². The fraction of sp³-hybridized carbons (Fsp3) is 0.800. The molecule has 0 aromatic carbocycles. The van der Waals surface area contributed by atoms with E-state index >= 15 is 0 Å². The van der Waals surface area contributed by atoms with Crippen molar-refractivity contribution in [3.8, 4) is 0 Å². The molecule has 2 bridgehead atoms. The molecule has 2 aliphatic heterocycles. The minimum atomic E-state index is 0.316. The van der Waals surface area contributed by atoms with Gasteiger partial charge in [-0.1, -0.05) is 0 Å². The molecular weight excluding hydrogens is 250 g/mol. The number of hydrogen-bond donors (Lipinski definition) is 1. The molecule has 3 atom stereocenters. The SMILES string of the molecule is Cc1c(C(CN)N2CCC3CCC(C2)N3C)cnn1C. The number of hydrogen-bond acceptors (Lipinski definition) is 4. The summed E-state index contributed by atoms with van der Waals surface area (Å²) in [4.78, 5) is 5.17. The van der Waals surface area contributed by atoms with Gasteiger partial charge in [0.1, 0.15) is 0 Å². The Kier molecular flexibility index (Phi) is 3.84. The monoisotopic (exact) mass is 277 g/mol. The first kappa shape index (κ1) is 14.0. The average Bonchev–Trinajstić information content (AvgIpc) is 2.86. The number of fused-ring (bicyclic) bond motifs is 2. The van der Waals surface area contributed by atoms with Crippen LogP contribution in [0.2, 0.25) is 0 Å². The van der Waals surface area contributed by atoms with Crippen LogP contribution in [-0.2, 0) is 7.05 Å². The molecule has 3 rings (SSSR count). The second-order valence-electron chi connectivity index (χ2n) is 6.39. The molecule has 2 fully saturated rings. The number of likely N-dealkylation sites (N-methyl/N-ethyl adjacent to an activating group) is 1. The van der Waals surface area contributed by atoms with Crippen molar-refractivity contribution in [2.24, 2.45) is 12.8 Å². The summed E-state index contributed by atoms with van der Waals surface area (Å²) in [7, 11) is 4.29. The molecule has 3 unspecified atom stereocenters. The van der Waals surface area contributed by atoms with Gasteiger partial charge in [-0.2, -0.15) is 5.10 Å². The van der Waals surface area contributed by atoms with Gasteiger partial charge in [0, 0.05) is 50.0 Å². The summed E-state index contributed by atoms with van der Waals surface area (Å²) in [5.74, 6) is 0. The van der Waals surface area contributed by atoms with Crippen molar-refractivity contribution in [2.45, 2.75) is 44.3 Å². The lowest BCUT2D eigenvalue weighted by atomic mass is 10.0. The minimum Gasteiger partial charge on any atom is -0.329 e. The van der Waals surface area contributed by atoms with Crippen molar-refractivity contribution in [2.75, 3.05) is 26.7 Å². The predicted octanol–water partition coefficient (Wildman–Crippen LogP) is 0.897. The Morgan fingerprint density at radius 2 is 2.05 bits per heavy atom. The maximum Gasteiger partial charge on any atom is 0.0540 e. The quantitative estimate of drug-likeness (QED) is 0.892. The molecule has 0 spiro atoms. The van der Waals surface area contributed by atoms with E-state index in [2.05, 4.69) is 28.9 Å². The van der Waals surface area contributed by atoms with Crippen LogP contribution >= 0.6 is 0 Å². The van der Waals surface area contributed by atoms with Gasteiger partial charge >= 0.3 is 0 Å². The van der Waals surface area contributed by atoms with Gasteiger partial charge in [-0.3, -0.25) is 14.5 Å². The van der Waals surface area contributed by atoms with Crippen LogP contribution in [0.15, 0.2) is 6.20 Å². The van der Waals surface area contributed by atoms with Crippen LogP contribution in [0.3, 0.4) is 0 Å². The van der Waals surface area contributed by atoms with Crippen molar-refractivity contribution in [1.29, 1.82) is 0 Å². The van der Waals surface area contributed by atoms with E-state index < -0.39 is 0 Å². The van der Waals surface area contributed by atoms with Crippen LogP contribution in [0.4, 0.5) is 0 Å². The van der Waals surface area contributed by atoms with E-state index in [0.717, 1.165) is 19.1 Å². The maximum atomic E-state index is 6.11. The second kappa shape index (κ2) is 5.47. The van der Waals surface area contributed by atoms with Crippen molar-refractivity contribution in [3.05, 3.63) is 17.5 Å². The van der Waals surface area contributed by atoms with Gasteiger partial charge in [0.2, 0.25) is 0 Å². The second-order valence-corrected chi connectivity index (χ2v) is 6.39. The van der Waals surface area contributed by atoms with Gasteiger partial charge in [0.05, 0.1) is 12.2 Å². The fourth-order valence-corrected chi connectivity index (χ4v) is 3.93. The van der Waals surface area contributed by atoms with Crippen molar-refractivity contribution >= 4 is 0 Å². The average molecular weight is 277 g/mol. The third-order valence-corrected chi connectivity index (χ3v) is 5.48. The topological polar surface area (TPSA) is 50.3 Å². The molecule has 5 heteroatoms. The highest BCUT2D eigenvalue weighted by molar-refractivity contribution is 5.21. The van der Waals surface area contributed by atoms with E-state index in [1.165, 1.54) is 30.5 Å². The fourth-order valence-electron chi connectivity index (χ4n) is 3.93. The molecule has 0 amide bonds. The molecule has 2 saturated heterocycles. The molecule has 2 N–H and O–H groups in total. The van der Waals surface area contributed by atoms with Crippen LogP contribution in [0.1, 0.15) is 36.6 Å². The molecule has 5 nitrogen and oxygen atoms in total. The van der Waals surface area contributed by atoms with Crippen LogP contribution in [0.25, 0.3) is 0 Å². The molecule has 0 saturated carbocycles. The van der Waals surface area contributed by atoms with Gasteiger partial charge in [-0.05, 0) is 33.2 Å². The Bertz CT molecular complexity index is 469. The number of nitrogens with two attached hydrogens (primary N) is 1. The lowest BCUT2D eigenvalue weighted by molar-refractivity contribution is 0.174. The third-order valence-electron chi connectivity index (χ3n) is 5.48. The van der Waals surface area contributed by atoms with Crippen molar-refractivity contribution in [3.63, 3.8) is 0 Å². The number of likely N-dealkylation sites (tertiary alicyclic amines) is 1. The zero-order valence-electron chi connectivity index (χ0n) is 12.9. The Labute approximate surface area is 121 Å². The van der Waals surface area contributed by atoms with E-state index in [-0.39, 0.29) is 0 Å². The summed E-state index contributed by atoms with van der Waals surface area (Å²) in [6.07, 6.45) is 5.97. The van der Waals surface area contributed by atoms with Gasteiger partial charge in [0.15, 0.2) is 0 Å². The first-order valence-corrected chi connectivity index (χ1v) is 7.76. The van der Waals surface area contributed by atoms with Gasteiger partial charge < -0.3 is 5.73 Å². The van der Waals surface area contributed by atoms with Crippen LogP contribution in [0, 0.1) is 6.92 Å². The molecular formula is C15H27N5. The van der Waals surface area contributed by atoms with Crippen LogP contribution in [-0.4, -0.2) is 58.3 Å². The van der Waals surface area contributed by atoms with Gasteiger partial charge in [-0.15, -0.1) is 0 Å². The number of rotatable bonds is 3. The summed E-state index contributed by atoms with van der Waals surface area (Å²) in [5, 5.41) is 4.39. The molecule has 3 heterocycles. The van der Waals surface area contributed by atoms with E-state index in [4.69, 9.17) is 5.73 Å². The molecule has 1 aromatic rings. The zero-order valence-corrected chi connectivity index (χ0v) is 12.9. The van der Waals surface area contributed by atoms with Gasteiger partial charge in [0.25, 0.3) is 0 Å². The standard InChI is InChI=1S/C15H27N5/c1-11-14(9-17-19(11)3)15(8-16)20-7-6-12-4-5-13(10-20)18(12)2/h9,12-13,15H,4-8,10,16H2,1-3H3. The molecule has 2 aliphatic rings. The number of nitrogens with zero attached hydrogens (tertiary/aromatic N) is 4. The Hall–Kier alpha value is -0.910. The van der Waals surface area contributed by atoms with Crippen molar-refractivity contribution < 1.29 is 0 Å². The summed E-state index contributed by atoms with van der Waals surface area (Å²) in [6, 6.07) is 1.79. The lowest BCUT2D eigenvalue weighted by Crippen LogP contribution is -2.40. The number of aromatic nitrogens is 2. The Morgan fingerprint density at radius 1 is 1.30 bits per heavy atom. The zero-order chi connectivity index (χ0) is 14.3. The Balaban J connectivity index is 1.81. The smallest absolute Gasteiger partial charge is 0.0540 e. The molecule has 20 heavy (non-hydrogen) atoms. The van der Waals surface area contributed by atoms with Crippen molar-refractivity contribution in [1.82, 2.24) is 19.6 Å².